The lowest BCUT2D eigenvalue weighted by Crippen LogP contribution is -2.44. The average molecular weight is 363 g/mol. The number of likely N-dealkylation sites (N-methyl/N-ethyl adjacent to an activating group) is 1. The maximum absolute atomic E-state index is 12.5. The first-order valence-electron chi connectivity index (χ1n) is 7.14. The van der Waals surface area contributed by atoms with E-state index in [0.717, 1.165) is 4.31 Å². The molecule has 0 aromatic heterocycles. The average Bonchev–Trinajstić information content (AvgIpc) is 2.35. The van der Waals surface area contributed by atoms with Crippen LogP contribution in [0.3, 0.4) is 0 Å². The highest BCUT2D eigenvalue weighted by Gasteiger charge is 2.25. The number of hydrogen-bond acceptors (Lipinski definition) is 4. The van der Waals surface area contributed by atoms with Crippen LogP contribution >= 0.6 is 11.6 Å². The molecule has 0 saturated heterocycles. The van der Waals surface area contributed by atoms with Gasteiger partial charge in [0.15, 0.2) is 0 Å². The number of alkyl carbamates (subject to hydrolysis) is 1. The Kier molecular flexibility index (Phi) is 6.44. The molecule has 1 N–H and O–H groups in total. The van der Waals surface area contributed by atoms with Crippen molar-refractivity contribution in [2.24, 2.45) is 0 Å². The van der Waals surface area contributed by atoms with Crippen molar-refractivity contribution in [3.05, 3.63) is 29.3 Å². The summed E-state index contributed by atoms with van der Waals surface area (Å²) in [6.07, 6.45) is -0.589. The third-order valence-corrected chi connectivity index (χ3v) is 5.14. The molecule has 0 heterocycles. The van der Waals surface area contributed by atoms with Crippen molar-refractivity contribution in [3.63, 3.8) is 0 Å². The Morgan fingerprint density at radius 2 is 1.91 bits per heavy atom. The standard InChI is InChI=1S/C15H23ClN2O4S/c1-11(17-14(19)22-15(2,3)4)10-18(5)23(20,21)13-9-7-6-8-12(13)16/h6-9,11H,10H2,1-5H3,(H,17,19)/t11-/m0/s1. The quantitative estimate of drug-likeness (QED) is 0.873. The number of rotatable bonds is 5. The van der Waals surface area contributed by atoms with Crippen molar-refractivity contribution in [3.8, 4) is 0 Å². The van der Waals surface area contributed by atoms with Crippen molar-refractivity contribution in [1.82, 2.24) is 9.62 Å². The Balaban J connectivity index is 2.73. The van der Waals surface area contributed by atoms with Crippen molar-refractivity contribution < 1.29 is 17.9 Å². The molecule has 0 spiro atoms. The maximum Gasteiger partial charge on any atom is 0.407 e. The molecule has 1 aromatic carbocycles. The van der Waals surface area contributed by atoms with Gasteiger partial charge >= 0.3 is 6.09 Å². The summed E-state index contributed by atoms with van der Waals surface area (Å²) >= 11 is 5.95. The van der Waals surface area contributed by atoms with E-state index < -0.39 is 27.8 Å². The van der Waals surface area contributed by atoms with E-state index in [1.165, 1.54) is 19.2 Å². The van der Waals surface area contributed by atoms with E-state index >= 15 is 0 Å². The highest BCUT2D eigenvalue weighted by molar-refractivity contribution is 7.89. The molecular weight excluding hydrogens is 340 g/mol. The van der Waals surface area contributed by atoms with Crippen LogP contribution in [0.25, 0.3) is 0 Å². The predicted molar refractivity (Wildman–Crippen MR) is 90.1 cm³/mol. The van der Waals surface area contributed by atoms with Crippen LogP contribution in [-0.4, -0.2) is 44.1 Å². The topological polar surface area (TPSA) is 75.7 Å². The van der Waals surface area contributed by atoms with E-state index in [-0.39, 0.29) is 16.5 Å². The van der Waals surface area contributed by atoms with Gasteiger partial charge in [-0.2, -0.15) is 4.31 Å². The van der Waals surface area contributed by atoms with Crippen molar-refractivity contribution in [2.45, 2.75) is 44.2 Å². The fourth-order valence-corrected chi connectivity index (χ4v) is 3.61. The summed E-state index contributed by atoms with van der Waals surface area (Å²) in [4.78, 5) is 11.7. The number of carbonyl (C=O) groups excluding carboxylic acids is 1. The van der Waals surface area contributed by atoms with Crippen LogP contribution < -0.4 is 5.32 Å². The Bertz CT molecular complexity index is 656. The number of nitrogens with zero attached hydrogens (tertiary/aromatic N) is 1. The minimum absolute atomic E-state index is 0.0358. The van der Waals surface area contributed by atoms with E-state index in [2.05, 4.69) is 5.32 Å². The highest BCUT2D eigenvalue weighted by atomic mass is 35.5. The van der Waals surface area contributed by atoms with E-state index in [1.54, 1.807) is 39.8 Å². The molecule has 1 aromatic rings. The van der Waals surface area contributed by atoms with Gasteiger partial charge in [0.05, 0.1) is 5.02 Å². The zero-order valence-corrected chi connectivity index (χ0v) is 15.5. The Hall–Kier alpha value is -1.31. The summed E-state index contributed by atoms with van der Waals surface area (Å²) in [5.41, 5.74) is -0.612. The number of benzene rings is 1. The number of halogens is 1. The molecule has 6 nitrogen and oxygen atoms in total. The second kappa shape index (κ2) is 7.51. The molecule has 0 radical (unpaired) electrons. The van der Waals surface area contributed by atoms with Crippen LogP contribution in [0.4, 0.5) is 4.79 Å². The van der Waals surface area contributed by atoms with Gasteiger partial charge in [0, 0.05) is 19.6 Å². The fraction of sp³-hybridized carbons (Fsp3) is 0.533. The smallest absolute Gasteiger partial charge is 0.407 e. The highest BCUT2D eigenvalue weighted by Crippen LogP contribution is 2.23. The monoisotopic (exact) mass is 362 g/mol. The van der Waals surface area contributed by atoms with Gasteiger partial charge in [0.2, 0.25) is 10.0 Å². The summed E-state index contributed by atoms with van der Waals surface area (Å²) in [6.45, 7) is 7.05. The van der Waals surface area contributed by atoms with Crippen LogP contribution in [0.15, 0.2) is 29.2 Å². The first-order valence-corrected chi connectivity index (χ1v) is 8.95. The second-order valence-electron chi connectivity index (χ2n) is 6.26. The van der Waals surface area contributed by atoms with Gasteiger partial charge < -0.3 is 10.1 Å². The fourth-order valence-electron chi connectivity index (χ4n) is 1.86. The number of ether oxygens (including phenoxy) is 1. The van der Waals surface area contributed by atoms with Gasteiger partial charge in [-0.25, -0.2) is 13.2 Å². The first-order chi connectivity index (χ1) is 10.4. The summed E-state index contributed by atoms with van der Waals surface area (Å²) < 4.78 is 31.3. The molecule has 0 unspecified atom stereocenters. The number of amides is 1. The number of sulfonamides is 1. The minimum Gasteiger partial charge on any atom is -0.444 e. The molecule has 0 aliphatic heterocycles. The number of hydrogen-bond donors (Lipinski definition) is 1. The van der Waals surface area contributed by atoms with Crippen LogP contribution in [0, 0.1) is 0 Å². The molecule has 0 fully saturated rings. The first kappa shape index (κ1) is 19.7. The third-order valence-electron chi connectivity index (χ3n) is 2.82. The van der Waals surface area contributed by atoms with E-state index in [9.17, 15) is 13.2 Å². The number of carbonyl (C=O) groups is 1. The van der Waals surface area contributed by atoms with Crippen LogP contribution in [0.5, 0.6) is 0 Å². The summed E-state index contributed by atoms with van der Waals surface area (Å²) in [5.74, 6) is 0. The molecule has 1 amide bonds. The molecule has 0 aliphatic carbocycles. The van der Waals surface area contributed by atoms with Crippen LogP contribution in [0.2, 0.25) is 5.02 Å². The minimum atomic E-state index is -3.73. The van der Waals surface area contributed by atoms with Crippen LogP contribution in [-0.2, 0) is 14.8 Å². The van der Waals surface area contributed by atoms with Gasteiger partial charge in [-0.05, 0) is 39.8 Å². The maximum atomic E-state index is 12.5. The Labute approximate surface area is 142 Å². The van der Waals surface area contributed by atoms with Gasteiger partial charge in [-0.3, -0.25) is 0 Å². The molecule has 23 heavy (non-hydrogen) atoms. The van der Waals surface area contributed by atoms with Gasteiger partial charge in [-0.1, -0.05) is 23.7 Å². The Morgan fingerprint density at radius 1 is 1.35 bits per heavy atom. The van der Waals surface area contributed by atoms with Crippen molar-refractivity contribution >= 4 is 27.7 Å². The molecule has 1 atom stereocenters. The lowest BCUT2D eigenvalue weighted by atomic mass is 10.2. The predicted octanol–water partition coefficient (Wildman–Crippen LogP) is 2.87. The summed E-state index contributed by atoms with van der Waals surface area (Å²) in [7, 11) is -2.29. The molecule has 0 aliphatic rings. The van der Waals surface area contributed by atoms with Crippen LogP contribution in [0.1, 0.15) is 27.7 Å². The zero-order valence-electron chi connectivity index (χ0n) is 14.0. The van der Waals surface area contributed by atoms with E-state index in [4.69, 9.17) is 16.3 Å². The van der Waals surface area contributed by atoms with E-state index in [0.29, 0.717) is 0 Å². The molecular formula is C15H23ClN2O4S. The van der Waals surface area contributed by atoms with Crippen molar-refractivity contribution in [2.75, 3.05) is 13.6 Å². The molecule has 1 rings (SSSR count). The normalized spacial score (nSPS) is 13.7. The molecule has 0 bridgehead atoms. The SMILES string of the molecule is C[C@@H](CN(C)S(=O)(=O)c1ccccc1Cl)NC(=O)OC(C)(C)C. The summed E-state index contributed by atoms with van der Waals surface area (Å²) in [5, 5.41) is 2.76. The largest absolute Gasteiger partial charge is 0.444 e. The Morgan fingerprint density at radius 3 is 2.43 bits per heavy atom. The number of nitrogens with one attached hydrogen (secondary N) is 1. The van der Waals surface area contributed by atoms with Gasteiger partial charge in [0.1, 0.15) is 10.5 Å². The van der Waals surface area contributed by atoms with E-state index in [1.807, 2.05) is 0 Å². The molecule has 130 valence electrons. The lowest BCUT2D eigenvalue weighted by molar-refractivity contribution is 0.0504. The van der Waals surface area contributed by atoms with Gasteiger partial charge in [-0.15, -0.1) is 0 Å². The molecule has 8 heteroatoms. The molecule has 0 saturated carbocycles. The second-order valence-corrected chi connectivity index (χ2v) is 8.68. The summed E-state index contributed by atoms with van der Waals surface area (Å²) in [6, 6.07) is 5.81. The third kappa shape index (κ3) is 6.01. The van der Waals surface area contributed by atoms with Crippen molar-refractivity contribution in [1.29, 1.82) is 0 Å². The lowest BCUT2D eigenvalue weighted by Gasteiger charge is -2.25. The van der Waals surface area contributed by atoms with Gasteiger partial charge in [0.25, 0.3) is 0 Å². The zero-order chi connectivity index (χ0) is 17.8.